The largest absolute Gasteiger partial charge is 0.395 e. The molecule has 0 radical (unpaired) electrons. The monoisotopic (exact) mass is 270 g/mol. The summed E-state index contributed by atoms with van der Waals surface area (Å²) in [6.07, 6.45) is 2.30. The number of unbranched alkanes of at least 4 members (excludes halogenated alkanes) is 2. The SMILES string of the molecule is C=C(C)C(=O)OC(O)(CCCCC)OC(=O)C(=C)C. The molecule has 0 aromatic rings. The zero-order chi connectivity index (χ0) is 15.1. The van der Waals surface area contributed by atoms with Gasteiger partial charge in [-0.05, 0) is 20.3 Å². The van der Waals surface area contributed by atoms with Crippen LogP contribution in [0.3, 0.4) is 0 Å². The van der Waals surface area contributed by atoms with E-state index in [0.29, 0.717) is 6.42 Å². The van der Waals surface area contributed by atoms with Crippen LogP contribution in [0.4, 0.5) is 0 Å². The van der Waals surface area contributed by atoms with Crippen molar-refractivity contribution in [1.82, 2.24) is 0 Å². The molecular weight excluding hydrogens is 248 g/mol. The van der Waals surface area contributed by atoms with Gasteiger partial charge in [0.2, 0.25) is 0 Å². The smallest absolute Gasteiger partial charge is 0.373 e. The van der Waals surface area contributed by atoms with Crippen molar-refractivity contribution in [2.45, 2.75) is 52.4 Å². The van der Waals surface area contributed by atoms with Crippen LogP contribution in [-0.4, -0.2) is 23.0 Å². The van der Waals surface area contributed by atoms with E-state index in [1.807, 2.05) is 6.92 Å². The quantitative estimate of drug-likeness (QED) is 0.317. The molecule has 5 heteroatoms. The third-order valence-electron chi connectivity index (χ3n) is 2.30. The Labute approximate surface area is 113 Å². The zero-order valence-corrected chi connectivity index (χ0v) is 11.8. The van der Waals surface area contributed by atoms with Crippen LogP contribution in [0.25, 0.3) is 0 Å². The number of esters is 2. The molecule has 19 heavy (non-hydrogen) atoms. The number of ether oxygens (including phenoxy) is 2. The minimum atomic E-state index is -2.26. The maximum atomic E-state index is 11.4. The van der Waals surface area contributed by atoms with Gasteiger partial charge in [-0.2, -0.15) is 0 Å². The lowest BCUT2D eigenvalue weighted by molar-refractivity contribution is -0.325. The molecule has 0 atom stereocenters. The summed E-state index contributed by atoms with van der Waals surface area (Å²) in [5, 5.41) is 10.1. The van der Waals surface area contributed by atoms with Crippen LogP contribution in [0.5, 0.6) is 0 Å². The Morgan fingerprint density at radius 2 is 1.47 bits per heavy atom. The van der Waals surface area contributed by atoms with Gasteiger partial charge < -0.3 is 14.6 Å². The molecule has 0 bridgehead atoms. The van der Waals surface area contributed by atoms with Gasteiger partial charge in [-0.15, -0.1) is 0 Å². The number of carbonyl (C=O) groups excluding carboxylic acids is 2. The number of hydrogen-bond donors (Lipinski definition) is 1. The van der Waals surface area contributed by atoms with E-state index in [2.05, 4.69) is 13.2 Å². The molecule has 0 unspecified atom stereocenters. The molecule has 0 saturated heterocycles. The van der Waals surface area contributed by atoms with Gasteiger partial charge in [0.1, 0.15) is 0 Å². The van der Waals surface area contributed by atoms with Crippen LogP contribution in [0.1, 0.15) is 46.5 Å². The Bertz CT molecular complexity index is 342. The fourth-order valence-corrected chi connectivity index (χ4v) is 1.19. The van der Waals surface area contributed by atoms with E-state index in [1.54, 1.807) is 0 Å². The molecule has 0 aromatic heterocycles. The minimum absolute atomic E-state index is 0.0128. The molecule has 0 aliphatic carbocycles. The van der Waals surface area contributed by atoms with Crippen molar-refractivity contribution in [2.75, 3.05) is 0 Å². The van der Waals surface area contributed by atoms with Gasteiger partial charge in [0, 0.05) is 11.1 Å². The number of rotatable bonds is 8. The van der Waals surface area contributed by atoms with Crippen LogP contribution in [0.15, 0.2) is 24.3 Å². The van der Waals surface area contributed by atoms with Crippen molar-refractivity contribution < 1.29 is 24.2 Å². The Hall–Kier alpha value is -1.62. The summed E-state index contributed by atoms with van der Waals surface area (Å²) in [7, 11) is 0. The van der Waals surface area contributed by atoms with Gasteiger partial charge in [-0.3, -0.25) is 0 Å². The predicted molar refractivity (Wildman–Crippen MR) is 70.9 cm³/mol. The standard InChI is InChI=1S/C14H22O5/c1-6-7-8-9-14(17,18-12(15)10(2)3)19-13(16)11(4)5/h17H,2,4,6-9H2,1,3,5H3. The molecule has 5 nitrogen and oxygen atoms in total. The molecule has 0 spiro atoms. The van der Waals surface area contributed by atoms with E-state index < -0.39 is 17.9 Å². The molecule has 1 N–H and O–H groups in total. The minimum Gasteiger partial charge on any atom is -0.395 e. The second-order valence-corrected chi connectivity index (χ2v) is 4.51. The fourth-order valence-electron chi connectivity index (χ4n) is 1.19. The first-order valence-electron chi connectivity index (χ1n) is 6.22. The van der Waals surface area contributed by atoms with Crippen LogP contribution >= 0.6 is 0 Å². The van der Waals surface area contributed by atoms with Crippen molar-refractivity contribution in [3.63, 3.8) is 0 Å². The summed E-state index contributed by atoms with van der Waals surface area (Å²) in [6, 6.07) is 0. The highest BCUT2D eigenvalue weighted by Crippen LogP contribution is 2.21. The van der Waals surface area contributed by atoms with E-state index in [1.165, 1.54) is 13.8 Å². The Morgan fingerprint density at radius 3 is 1.79 bits per heavy atom. The lowest BCUT2D eigenvalue weighted by atomic mass is 10.2. The van der Waals surface area contributed by atoms with Crippen LogP contribution in [0.2, 0.25) is 0 Å². The molecule has 108 valence electrons. The maximum absolute atomic E-state index is 11.4. The molecule has 0 heterocycles. The third-order valence-corrected chi connectivity index (χ3v) is 2.30. The summed E-state index contributed by atoms with van der Waals surface area (Å²) in [4.78, 5) is 22.9. The predicted octanol–water partition coefficient (Wildman–Crippen LogP) is 2.45. The van der Waals surface area contributed by atoms with Gasteiger partial charge in [-0.25, -0.2) is 9.59 Å². The van der Waals surface area contributed by atoms with Gasteiger partial charge in [0.05, 0.1) is 6.42 Å². The Morgan fingerprint density at radius 1 is 1.05 bits per heavy atom. The average molecular weight is 270 g/mol. The van der Waals surface area contributed by atoms with Gasteiger partial charge in [0.25, 0.3) is 0 Å². The Kier molecular flexibility index (Phi) is 7.08. The van der Waals surface area contributed by atoms with Crippen LogP contribution in [0, 0.1) is 0 Å². The highest BCUT2D eigenvalue weighted by Gasteiger charge is 2.36. The molecule has 0 aromatic carbocycles. The molecule has 0 fully saturated rings. The summed E-state index contributed by atoms with van der Waals surface area (Å²) < 4.78 is 9.60. The number of aliphatic hydroxyl groups is 1. The maximum Gasteiger partial charge on any atom is 0.373 e. The van der Waals surface area contributed by atoms with Gasteiger partial charge in [0.15, 0.2) is 0 Å². The lowest BCUT2D eigenvalue weighted by Gasteiger charge is -2.27. The highest BCUT2D eigenvalue weighted by molar-refractivity contribution is 5.88. The molecule has 0 aliphatic heterocycles. The van der Waals surface area contributed by atoms with E-state index >= 15 is 0 Å². The first-order chi connectivity index (χ1) is 8.72. The van der Waals surface area contributed by atoms with E-state index in [9.17, 15) is 14.7 Å². The van der Waals surface area contributed by atoms with Gasteiger partial charge >= 0.3 is 17.9 Å². The first-order valence-corrected chi connectivity index (χ1v) is 6.22. The van der Waals surface area contributed by atoms with E-state index in [4.69, 9.17) is 9.47 Å². The molecule has 0 saturated carbocycles. The molecular formula is C14H22O5. The highest BCUT2D eigenvalue weighted by atomic mass is 16.8. The first kappa shape index (κ1) is 17.4. The zero-order valence-electron chi connectivity index (χ0n) is 11.8. The summed E-state index contributed by atoms with van der Waals surface area (Å²) >= 11 is 0. The van der Waals surface area contributed by atoms with Crippen LogP contribution < -0.4 is 0 Å². The topological polar surface area (TPSA) is 72.8 Å². The summed E-state index contributed by atoms with van der Waals surface area (Å²) in [5.74, 6) is -3.89. The van der Waals surface area contributed by atoms with Crippen molar-refractivity contribution in [1.29, 1.82) is 0 Å². The third kappa shape index (κ3) is 6.76. The number of carbonyl (C=O) groups is 2. The van der Waals surface area contributed by atoms with E-state index in [-0.39, 0.29) is 17.6 Å². The van der Waals surface area contributed by atoms with Gasteiger partial charge in [-0.1, -0.05) is 32.9 Å². The second-order valence-electron chi connectivity index (χ2n) is 4.51. The van der Waals surface area contributed by atoms with Crippen molar-refractivity contribution in [3.05, 3.63) is 24.3 Å². The fraction of sp³-hybridized carbons (Fsp3) is 0.571. The van der Waals surface area contributed by atoms with Crippen molar-refractivity contribution in [2.24, 2.45) is 0 Å². The van der Waals surface area contributed by atoms with Crippen LogP contribution in [-0.2, 0) is 19.1 Å². The summed E-state index contributed by atoms with van der Waals surface area (Å²) in [5.41, 5.74) is 0.223. The second kappa shape index (κ2) is 7.74. The van der Waals surface area contributed by atoms with E-state index in [0.717, 1.165) is 12.8 Å². The van der Waals surface area contributed by atoms with Crippen molar-refractivity contribution in [3.8, 4) is 0 Å². The summed E-state index contributed by atoms with van der Waals surface area (Å²) in [6.45, 7) is 11.7. The van der Waals surface area contributed by atoms with Crippen molar-refractivity contribution >= 4 is 11.9 Å². The average Bonchev–Trinajstić information content (AvgIpc) is 2.28. The molecule has 0 amide bonds. The normalized spacial score (nSPS) is 10.7. The molecule has 0 aliphatic rings. The lowest BCUT2D eigenvalue weighted by Crippen LogP contribution is -2.40. The molecule has 0 rings (SSSR count). The Balaban J connectivity index is 4.79. The number of hydrogen-bond acceptors (Lipinski definition) is 5.